The molecule has 3 rings (SSSR count). The maximum absolute atomic E-state index is 12.6. The summed E-state index contributed by atoms with van der Waals surface area (Å²) in [6.45, 7) is 0. The molecule has 1 aromatic carbocycles. The Labute approximate surface area is 147 Å². The molecule has 1 atom stereocenters. The minimum atomic E-state index is -3.82. The Balaban J connectivity index is 0.00000208. The van der Waals surface area contributed by atoms with Gasteiger partial charge in [-0.25, -0.2) is 18.1 Å². The molecule has 0 aliphatic heterocycles. The van der Waals surface area contributed by atoms with Crippen molar-refractivity contribution >= 4 is 28.1 Å². The van der Waals surface area contributed by atoms with Gasteiger partial charge in [0, 0.05) is 17.9 Å². The Bertz CT molecular complexity index is 893. The average molecular weight is 365 g/mol. The first-order chi connectivity index (χ1) is 11.0. The molecular formula is C16H17ClN4O2S. The molecule has 6 nitrogen and oxygen atoms in total. The molecule has 0 fully saturated rings. The molecule has 1 aliphatic carbocycles. The molecule has 126 valence electrons. The molecule has 0 radical (unpaired) electrons. The van der Waals surface area contributed by atoms with Crippen LogP contribution >= 0.6 is 12.4 Å². The van der Waals surface area contributed by atoms with Crippen molar-refractivity contribution in [3.05, 3.63) is 53.3 Å². The summed E-state index contributed by atoms with van der Waals surface area (Å²) in [6, 6.07) is 9.92. The van der Waals surface area contributed by atoms with Crippen molar-refractivity contribution in [2.75, 3.05) is 5.73 Å². The highest BCUT2D eigenvalue weighted by atomic mass is 35.5. The van der Waals surface area contributed by atoms with Crippen molar-refractivity contribution in [3.8, 4) is 6.07 Å². The molecule has 2 aromatic rings. The topological polar surface area (TPSA) is 109 Å². The number of halogens is 1. The molecule has 0 saturated carbocycles. The van der Waals surface area contributed by atoms with Gasteiger partial charge in [0.1, 0.15) is 11.0 Å². The van der Waals surface area contributed by atoms with E-state index in [1.807, 2.05) is 18.2 Å². The quantitative estimate of drug-likeness (QED) is 0.812. The van der Waals surface area contributed by atoms with Gasteiger partial charge >= 0.3 is 0 Å². The van der Waals surface area contributed by atoms with Crippen LogP contribution in [-0.4, -0.2) is 13.4 Å². The van der Waals surface area contributed by atoms with Crippen molar-refractivity contribution in [1.29, 1.82) is 5.26 Å². The maximum atomic E-state index is 12.6. The van der Waals surface area contributed by atoms with E-state index >= 15 is 0 Å². The Morgan fingerprint density at radius 3 is 2.88 bits per heavy atom. The van der Waals surface area contributed by atoms with Crippen molar-refractivity contribution in [3.63, 3.8) is 0 Å². The van der Waals surface area contributed by atoms with Gasteiger partial charge in [-0.2, -0.15) is 5.26 Å². The number of nitrogens with two attached hydrogens (primary N) is 1. The van der Waals surface area contributed by atoms with E-state index in [9.17, 15) is 8.42 Å². The number of nitriles is 1. The van der Waals surface area contributed by atoms with Crippen molar-refractivity contribution in [1.82, 2.24) is 9.71 Å². The highest BCUT2D eigenvalue weighted by Crippen LogP contribution is 2.32. The van der Waals surface area contributed by atoms with Gasteiger partial charge in [0.05, 0.1) is 0 Å². The predicted molar refractivity (Wildman–Crippen MR) is 93.1 cm³/mol. The maximum Gasteiger partial charge on any atom is 0.244 e. The average Bonchev–Trinajstić information content (AvgIpc) is 2.54. The molecule has 1 aliphatic rings. The van der Waals surface area contributed by atoms with Crippen LogP contribution in [0.25, 0.3) is 0 Å². The Kier molecular flexibility index (Phi) is 5.44. The lowest BCUT2D eigenvalue weighted by Crippen LogP contribution is -2.31. The first-order valence-electron chi connectivity index (χ1n) is 7.27. The van der Waals surface area contributed by atoms with Crippen molar-refractivity contribution < 1.29 is 8.42 Å². The number of benzene rings is 1. The number of nitrogens with one attached hydrogen (secondary N) is 1. The number of nitrogen functional groups attached to an aromatic ring is 1. The SMILES string of the molecule is Cl.N#Cc1ncccc1S(=O)(=O)NC1CCCc2cc(N)ccc21. The van der Waals surface area contributed by atoms with Crippen LogP contribution in [0.3, 0.4) is 0 Å². The molecule has 3 N–H and O–H groups in total. The summed E-state index contributed by atoms with van der Waals surface area (Å²) >= 11 is 0. The van der Waals surface area contributed by atoms with Gasteiger partial charge < -0.3 is 5.73 Å². The van der Waals surface area contributed by atoms with E-state index in [-0.39, 0.29) is 29.0 Å². The number of aryl methyl sites for hydroxylation is 1. The zero-order valence-corrected chi connectivity index (χ0v) is 14.4. The molecule has 24 heavy (non-hydrogen) atoms. The lowest BCUT2D eigenvalue weighted by molar-refractivity contribution is 0.507. The van der Waals surface area contributed by atoms with Crippen molar-refractivity contribution in [2.45, 2.75) is 30.2 Å². The van der Waals surface area contributed by atoms with Crippen LogP contribution in [-0.2, 0) is 16.4 Å². The molecule has 0 bridgehead atoms. The third-order valence-electron chi connectivity index (χ3n) is 3.94. The molecular weight excluding hydrogens is 348 g/mol. The Hall–Kier alpha value is -2.14. The molecule has 1 heterocycles. The highest BCUT2D eigenvalue weighted by molar-refractivity contribution is 7.89. The van der Waals surface area contributed by atoms with Gasteiger partial charge in [-0.05, 0) is 54.7 Å². The predicted octanol–water partition coefficient (Wildman–Crippen LogP) is 2.31. The number of aromatic nitrogens is 1. The standard InChI is InChI=1S/C16H16N4O2S.ClH/c17-10-15-16(5-2-8-19-15)23(21,22)20-14-4-1-3-11-9-12(18)6-7-13(11)14;/h2,5-9,14,20H,1,3-4,18H2;1H. The largest absolute Gasteiger partial charge is 0.399 e. The second-order valence-corrected chi connectivity index (χ2v) is 7.17. The number of hydrogen-bond donors (Lipinski definition) is 2. The normalized spacial score (nSPS) is 16.5. The molecule has 1 unspecified atom stereocenters. The van der Waals surface area contributed by atoms with Gasteiger partial charge in [-0.1, -0.05) is 6.07 Å². The van der Waals surface area contributed by atoms with E-state index in [1.54, 1.807) is 6.07 Å². The van der Waals surface area contributed by atoms with E-state index in [0.717, 1.165) is 24.0 Å². The zero-order chi connectivity index (χ0) is 16.4. The number of hydrogen-bond acceptors (Lipinski definition) is 5. The zero-order valence-electron chi connectivity index (χ0n) is 12.8. The van der Waals surface area contributed by atoms with E-state index in [0.29, 0.717) is 12.1 Å². The van der Waals surface area contributed by atoms with E-state index < -0.39 is 10.0 Å². The molecule has 0 saturated heterocycles. The van der Waals surface area contributed by atoms with Gasteiger partial charge in [0.2, 0.25) is 10.0 Å². The smallest absolute Gasteiger partial charge is 0.244 e. The van der Waals surface area contributed by atoms with Gasteiger partial charge in [-0.3, -0.25) is 0 Å². The third kappa shape index (κ3) is 3.51. The van der Waals surface area contributed by atoms with Crippen LogP contribution in [0.1, 0.15) is 35.7 Å². The fourth-order valence-corrected chi connectivity index (χ4v) is 4.26. The van der Waals surface area contributed by atoms with Gasteiger partial charge in [-0.15, -0.1) is 12.4 Å². The molecule has 0 spiro atoms. The second kappa shape index (κ2) is 7.18. The number of rotatable bonds is 3. The highest BCUT2D eigenvalue weighted by Gasteiger charge is 2.27. The summed E-state index contributed by atoms with van der Waals surface area (Å²) in [5, 5.41) is 9.06. The van der Waals surface area contributed by atoms with E-state index in [1.165, 1.54) is 18.3 Å². The van der Waals surface area contributed by atoms with Crippen LogP contribution in [0, 0.1) is 11.3 Å². The molecule has 1 aromatic heterocycles. The van der Waals surface area contributed by atoms with E-state index in [4.69, 9.17) is 11.0 Å². The first-order valence-corrected chi connectivity index (χ1v) is 8.75. The third-order valence-corrected chi connectivity index (χ3v) is 5.45. The summed E-state index contributed by atoms with van der Waals surface area (Å²) in [5.74, 6) is 0. The molecule has 0 amide bonds. The summed E-state index contributed by atoms with van der Waals surface area (Å²) in [6.07, 6.45) is 3.87. The number of pyridine rings is 1. The number of sulfonamides is 1. The fraction of sp³-hybridized carbons (Fsp3) is 0.250. The first kappa shape index (κ1) is 18.2. The minimum Gasteiger partial charge on any atom is -0.399 e. The van der Waals surface area contributed by atoms with Crippen LogP contribution in [0.4, 0.5) is 5.69 Å². The fourth-order valence-electron chi connectivity index (χ4n) is 2.90. The summed E-state index contributed by atoms with van der Waals surface area (Å²) in [4.78, 5) is 3.72. The van der Waals surface area contributed by atoms with Crippen LogP contribution < -0.4 is 10.5 Å². The summed E-state index contributed by atoms with van der Waals surface area (Å²) < 4.78 is 28.0. The van der Waals surface area contributed by atoms with Crippen molar-refractivity contribution in [2.24, 2.45) is 0 Å². The van der Waals surface area contributed by atoms with Crippen LogP contribution in [0.2, 0.25) is 0 Å². The lowest BCUT2D eigenvalue weighted by atomic mass is 9.88. The number of fused-ring (bicyclic) bond motifs is 1. The van der Waals surface area contributed by atoms with Crippen LogP contribution in [0.15, 0.2) is 41.4 Å². The minimum absolute atomic E-state index is 0. The van der Waals surface area contributed by atoms with E-state index in [2.05, 4.69) is 9.71 Å². The van der Waals surface area contributed by atoms with Crippen LogP contribution in [0.5, 0.6) is 0 Å². The summed E-state index contributed by atoms with van der Waals surface area (Å²) in [7, 11) is -3.82. The monoisotopic (exact) mass is 364 g/mol. The Morgan fingerprint density at radius 1 is 1.33 bits per heavy atom. The molecule has 8 heteroatoms. The lowest BCUT2D eigenvalue weighted by Gasteiger charge is -2.26. The van der Waals surface area contributed by atoms with Gasteiger partial charge in [0.25, 0.3) is 0 Å². The van der Waals surface area contributed by atoms with Gasteiger partial charge in [0.15, 0.2) is 5.69 Å². The summed E-state index contributed by atoms with van der Waals surface area (Å²) in [5.41, 5.74) is 8.38. The number of anilines is 1. The second-order valence-electron chi connectivity index (χ2n) is 5.49. The number of nitrogens with zero attached hydrogens (tertiary/aromatic N) is 2. The Morgan fingerprint density at radius 2 is 2.12 bits per heavy atom.